The van der Waals surface area contributed by atoms with Crippen LogP contribution in [0.2, 0.25) is 0 Å². The number of halogens is 1. The van der Waals surface area contributed by atoms with Crippen LogP contribution in [0.25, 0.3) is 0 Å². The number of benzene rings is 1. The largest absolute Gasteiger partial charge is 0.385 e. The summed E-state index contributed by atoms with van der Waals surface area (Å²) in [5.41, 5.74) is -0.0343. The highest BCUT2D eigenvalue weighted by molar-refractivity contribution is 5.26. The second kappa shape index (κ2) is 3.91. The molecular formula is C12H15FO2. The van der Waals surface area contributed by atoms with E-state index >= 15 is 0 Å². The van der Waals surface area contributed by atoms with E-state index in [1.54, 1.807) is 12.1 Å². The Labute approximate surface area is 88.7 Å². The normalized spacial score (nSPS) is 29.9. The number of hydrogen-bond acceptors (Lipinski definition) is 2. The first kappa shape index (κ1) is 10.6. The van der Waals surface area contributed by atoms with Gasteiger partial charge in [0.15, 0.2) is 0 Å². The Hall–Kier alpha value is -0.930. The third-order valence-electron chi connectivity index (χ3n) is 2.91. The summed E-state index contributed by atoms with van der Waals surface area (Å²) < 4.78 is 18.1. The van der Waals surface area contributed by atoms with Crippen molar-refractivity contribution in [1.29, 1.82) is 0 Å². The van der Waals surface area contributed by atoms with Gasteiger partial charge in [-0.2, -0.15) is 0 Å². The third kappa shape index (κ3) is 2.03. The Morgan fingerprint density at radius 3 is 2.53 bits per heavy atom. The van der Waals surface area contributed by atoms with E-state index in [4.69, 9.17) is 4.74 Å². The van der Waals surface area contributed by atoms with Crippen LogP contribution in [0.4, 0.5) is 4.39 Å². The van der Waals surface area contributed by atoms with E-state index in [2.05, 4.69) is 0 Å². The van der Waals surface area contributed by atoms with Gasteiger partial charge >= 0.3 is 0 Å². The molecule has 0 aromatic heterocycles. The molecule has 0 saturated heterocycles. The Bertz CT molecular complexity index is 328. The molecule has 1 aliphatic carbocycles. The molecule has 3 heteroatoms. The fourth-order valence-electron chi connectivity index (χ4n) is 2.04. The Morgan fingerprint density at radius 1 is 1.40 bits per heavy atom. The molecule has 1 aromatic rings. The van der Waals surface area contributed by atoms with Crippen molar-refractivity contribution in [3.8, 4) is 0 Å². The van der Waals surface area contributed by atoms with Crippen LogP contribution < -0.4 is 0 Å². The van der Waals surface area contributed by atoms with Crippen LogP contribution in [0.15, 0.2) is 24.3 Å². The monoisotopic (exact) mass is 210 g/mol. The molecule has 0 heterocycles. The second-order valence-electron chi connectivity index (χ2n) is 4.02. The summed E-state index contributed by atoms with van der Waals surface area (Å²) in [6.07, 6.45) is 1.35. The molecule has 2 nitrogen and oxygen atoms in total. The zero-order chi connectivity index (χ0) is 10.9. The summed E-state index contributed by atoms with van der Waals surface area (Å²) in [6, 6.07) is 6.03. The fraction of sp³-hybridized carbons (Fsp3) is 0.500. The standard InChI is InChI=1S/C12H15FO2/c1-2-15-11-7-12(14,8-11)9-3-5-10(13)6-4-9/h3-6,11,14H,2,7-8H2,1H3. The van der Waals surface area contributed by atoms with Gasteiger partial charge in [0.25, 0.3) is 0 Å². The lowest BCUT2D eigenvalue weighted by molar-refractivity contribution is -0.142. The molecule has 2 rings (SSSR count). The first-order valence-corrected chi connectivity index (χ1v) is 5.24. The molecule has 0 bridgehead atoms. The molecule has 1 N–H and O–H groups in total. The molecule has 15 heavy (non-hydrogen) atoms. The number of hydrogen-bond donors (Lipinski definition) is 1. The lowest BCUT2D eigenvalue weighted by Crippen LogP contribution is -2.45. The Kier molecular flexibility index (Phi) is 2.76. The van der Waals surface area contributed by atoms with Crippen LogP contribution in [0.1, 0.15) is 25.3 Å². The minimum absolute atomic E-state index is 0.144. The molecule has 82 valence electrons. The summed E-state index contributed by atoms with van der Waals surface area (Å²) in [4.78, 5) is 0. The van der Waals surface area contributed by atoms with Crippen molar-refractivity contribution in [3.05, 3.63) is 35.6 Å². The van der Waals surface area contributed by atoms with Crippen LogP contribution in [-0.2, 0) is 10.3 Å². The second-order valence-corrected chi connectivity index (χ2v) is 4.02. The maximum absolute atomic E-state index is 12.7. The van der Waals surface area contributed by atoms with E-state index in [1.807, 2.05) is 6.92 Å². The van der Waals surface area contributed by atoms with Gasteiger partial charge in [-0.05, 0) is 24.6 Å². The van der Waals surface area contributed by atoms with E-state index < -0.39 is 5.60 Å². The Balaban J connectivity index is 2.03. The van der Waals surface area contributed by atoms with E-state index in [1.165, 1.54) is 12.1 Å². The molecule has 1 saturated carbocycles. The maximum atomic E-state index is 12.7. The minimum Gasteiger partial charge on any atom is -0.385 e. The predicted octanol–water partition coefficient (Wildman–Crippen LogP) is 2.21. The van der Waals surface area contributed by atoms with Crippen molar-refractivity contribution in [2.45, 2.75) is 31.5 Å². The zero-order valence-electron chi connectivity index (χ0n) is 8.74. The smallest absolute Gasteiger partial charge is 0.123 e. The summed E-state index contributed by atoms with van der Waals surface area (Å²) in [5, 5.41) is 10.2. The SMILES string of the molecule is CCOC1CC(O)(c2ccc(F)cc2)C1. The van der Waals surface area contributed by atoms with Gasteiger partial charge in [-0.15, -0.1) is 0 Å². The van der Waals surface area contributed by atoms with Crippen LogP contribution in [-0.4, -0.2) is 17.8 Å². The third-order valence-corrected chi connectivity index (χ3v) is 2.91. The molecule has 1 fully saturated rings. The van der Waals surface area contributed by atoms with E-state index in [-0.39, 0.29) is 11.9 Å². The molecule has 0 spiro atoms. The van der Waals surface area contributed by atoms with Crippen molar-refractivity contribution in [3.63, 3.8) is 0 Å². The summed E-state index contributed by atoms with van der Waals surface area (Å²) in [6.45, 7) is 2.61. The van der Waals surface area contributed by atoms with Gasteiger partial charge in [0.1, 0.15) is 5.82 Å². The molecule has 0 atom stereocenters. The number of rotatable bonds is 3. The zero-order valence-corrected chi connectivity index (χ0v) is 8.74. The quantitative estimate of drug-likeness (QED) is 0.828. The molecule has 0 amide bonds. The highest BCUT2D eigenvalue weighted by Gasteiger charge is 2.44. The van der Waals surface area contributed by atoms with Gasteiger partial charge in [-0.1, -0.05) is 12.1 Å². The number of ether oxygens (including phenoxy) is 1. The molecule has 1 aliphatic rings. The molecule has 0 radical (unpaired) electrons. The minimum atomic E-state index is -0.812. The van der Waals surface area contributed by atoms with Gasteiger partial charge in [0, 0.05) is 19.4 Å². The highest BCUT2D eigenvalue weighted by Crippen LogP contribution is 2.42. The van der Waals surface area contributed by atoms with Crippen LogP contribution in [0, 0.1) is 5.82 Å². The average Bonchev–Trinajstić information content (AvgIpc) is 2.16. The topological polar surface area (TPSA) is 29.5 Å². The van der Waals surface area contributed by atoms with Crippen LogP contribution >= 0.6 is 0 Å². The Morgan fingerprint density at radius 2 is 2.00 bits per heavy atom. The first-order chi connectivity index (χ1) is 7.14. The summed E-state index contributed by atoms with van der Waals surface area (Å²) in [5.74, 6) is -0.275. The lowest BCUT2D eigenvalue weighted by Gasteiger charge is -2.43. The van der Waals surface area contributed by atoms with Crippen LogP contribution in [0.3, 0.4) is 0 Å². The maximum Gasteiger partial charge on any atom is 0.123 e. The van der Waals surface area contributed by atoms with Crippen LogP contribution in [0.5, 0.6) is 0 Å². The lowest BCUT2D eigenvalue weighted by atomic mass is 9.73. The fourth-order valence-corrected chi connectivity index (χ4v) is 2.04. The van der Waals surface area contributed by atoms with Gasteiger partial charge in [0.2, 0.25) is 0 Å². The molecule has 0 unspecified atom stereocenters. The van der Waals surface area contributed by atoms with Crippen molar-refractivity contribution in [2.75, 3.05) is 6.61 Å². The molecule has 1 aromatic carbocycles. The van der Waals surface area contributed by atoms with Crippen molar-refractivity contribution >= 4 is 0 Å². The summed E-state index contributed by atoms with van der Waals surface area (Å²) >= 11 is 0. The van der Waals surface area contributed by atoms with Crippen molar-refractivity contribution in [2.24, 2.45) is 0 Å². The van der Waals surface area contributed by atoms with E-state index in [9.17, 15) is 9.50 Å². The van der Waals surface area contributed by atoms with Crippen molar-refractivity contribution < 1.29 is 14.2 Å². The van der Waals surface area contributed by atoms with E-state index in [0.29, 0.717) is 19.4 Å². The van der Waals surface area contributed by atoms with Gasteiger partial charge in [-0.3, -0.25) is 0 Å². The number of aliphatic hydroxyl groups is 1. The highest BCUT2D eigenvalue weighted by atomic mass is 19.1. The van der Waals surface area contributed by atoms with Gasteiger partial charge < -0.3 is 9.84 Å². The van der Waals surface area contributed by atoms with Gasteiger partial charge in [-0.25, -0.2) is 4.39 Å². The van der Waals surface area contributed by atoms with Crippen molar-refractivity contribution in [1.82, 2.24) is 0 Å². The summed E-state index contributed by atoms with van der Waals surface area (Å²) in [7, 11) is 0. The first-order valence-electron chi connectivity index (χ1n) is 5.24. The van der Waals surface area contributed by atoms with Gasteiger partial charge in [0.05, 0.1) is 11.7 Å². The average molecular weight is 210 g/mol. The predicted molar refractivity (Wildman–Crippen MR) is 54.9 cm³/mol. The molecule has 0 aliphatic heterocycles. The molecular weight excluding hydrogens is 195 g/mol. The van der Waals surface area contributed by atoms with E-state index in [0.717, 1.165) is 5.56 Å².